The lowest BCUT2D eigenvalue weighted by atomic mass is 10.0. The number of unbranched alkanes of at least 4 members (excludes halogenated alkanes) is 3. The normalized spacial score (nSPS) is 24.3. The Hall–Kier alpha value is -1.44. The average molecular weight is 385 g/mol. The molecule has 2 aliphatic heterocycles. The van der Waals surface area contributed by atoms with E-state index < -0.39 is 0 Å². The Labute approximate surface area is 160 Å². The van der Waals surface area contributed by atoms with Crippen molar-refractivity contribution in [1.82, 2.24) is 20.9 Å². The van der Waals surface area contributed by atoms with Gasteiger partial charge in [0.2, 0.25) is 11.8 Å². The largest absolute Gasteiger partial charge is 0.359 e. The molecule has 0 bridgehead atoms. The van der Waals surface area contributed by atoms with Crippen molar-refractivity contribution in [3.05, 3.63) is 0 Å². The third-order valence-corrected chi connectivity index (χ3v) is 6.68. The quantitative estimate of drug-likeness (QED) is 0.372. The zero-order valence-electron chi connectivity index (χ0n) is 15.9. The zero-order chi connectivity index (χ0) is 18.9. The number of carbonyl (C=O) groups excluding carboxylic acids is 3. The van der Waals surface area contributed by atoms with Crippen molar-refractivity contribution in [3.63, 3.8) is 0 Å². The third-order valence-electron chi connectivity index (χ3n) is 5.18. The first-order chi connectivity index (χ1) is 12.5. The predicted molar refractivity (Wildman–Crippen MR) is 104 cm³/mol. The molecule has 0 aromatic carbocycles. The highest BCUT2D eigenvalue weighted by Crippen LogP contribution is 2.36. The summed E-state index contributed by atoms with van der Waals surface area (Å²) in [6, 6.07) is 0.630. The Morgan fingerprint density at radius 2 is 1.88 bits per heavy atom. The minimum Gasteiger partial charge on any atom is -0.359 e. The molecule has 7 nitrogen and oxygen atoms in total. The van der Waals surface area contributed by atoms with Crippen molar-refractivity contribution < 1.29 is 14.4 Å². The van der Waals surface area contributed by atoms with Crippen LogP contribution in [0, 0.1) is 0 Å². The van der Waals surface area contributed by atoms with E-state index in [0.717, 1.165) is 44.3 Å². The van der Waals surface area contributed by atoms with E-state index in [-0.39, 0.29) is 23.9 Å². The molecule has 0 aromatic heterocycles. The highest BCUT2D eigenvalue weighted by Gasteiger charge is 2.46. The van der Waals surface area contributed by atoms with Gasteiger partial charge < -0.3 is 20.9 Å². The van der Waals surface area contributed by atoms with Crippen molar-refractivity contribution in [1.29, 1.82) is 0 Å². The maximum Gasteiger partial charge on any atom is 0.317 e. The van der Waals surface area contributed by atoms with Crippen LogP contribution >= 0.6 is 11.8 Å². The third kappa shape index (κ3) is 6.07. The summed E-state index contributed by atoms with van der Waals surface area (Å²) in [7, 11) is 3.52. The summed E-state index contributed by atoms with van der Waals surface area (Å²) in [6.07, 6.45) is 6.82. The second-order valence-corrected chi connectivity index (χ2v) is 8.38. The van der Waals surface area contributed by atoms with E-state index in [1.54, 1.807) is 7.05 Å². The van der Waals surface area contributed by atoms with Crippen molar-refractivity contribution in [2.45, 2.75) is 68.7 Å². The molecule has 2 heterocycles. The van der Waals surface area contributed by atoms with Gasteiger partial charge in [-0.2, -0.15) is 11.8 Å². The van der Waals surface area contributed by atoms with Crippen LogP contribution in [0.15, 0.2) is 0 Å². The van der Waals surface area contributed by atoms with Gasteiger partial charge in [0.15, 0.2) is 0 Å². The monoisotopic (exact) mass is 384 g/mol. The van der Waals surface area contributed by atoms with Gasteiger partial charge in [-0.25, -0.2) is 4.79 Å². The van der Waals surface area contributed by atoms with Gasteiger partial charge in [0.05, 0.1) is 12.1 Å². The first-order valence-electron chi connectivity index (χ1n) is 9.65. The highest BCUT2D eigenvalue weighted by molar-refractivity contribution is 8.00. The fourth-order valence-electron chi connectivity index (χ4n) is 3.64. The van der Waals surface area contributed by atoms with E-state index in [1.165, 1.54) is 0 Å². The molecular formula is C18H32N4O3S. The van der Waals surface area contributed by atoms with Crippen LogP contribution in [0.3, 0.4) is 0 Å². The standard InChI is InChI=1S/C18H32N4O3S/c1-19-15(23)9-4-3-7-11-20-16(24)10-6-5-8-14-17-13(12-26-14)21-18(25)22(17)2/h13-14,17H,3-12H2,1-2H3,(H,19,23)(H,20,24)(H,21,25)/t13?,14-,17?/m0/s1. The topological polar surface area (TPSA) is 90.5 Å². The molecule has 0 aromatic rings. The van der Waals surface area contributed by atoms with E-state index in [0.29, 0.717) is 30.7 Å². The van der Waals surface area contributed by atoms with E-state index >= 15 is 0 Å². The molecule has 2 fully saturated rings. The van der Waals surface area contributed by atoms with Crippen LogP contribution in [0.4, 0.5) is 4.79 Å². The molecule has 2 rings (SSSR count). The van der Waals surface area contributed by atoms with Crippen LogP contribution < -0.4 is 16.0 Å². The molecular weight excluding hydrogens is 352 g/mol. The van der Waals surface area contributed by atoms with Gasteiger partial charge in [0.1, 0.15) is 0 Å². The molecule has 26 heavy (non-hydrogen) atoms. The number of nitrogens with zero attached hydrogens (tertiary/aromatic N) is 1. The van der Waals surface area contributed by atoms with Crippen LogP contribution in [0.1, 0.15) is 51.4 Å². The Balaban J connectivity index is 1.48. The number of hydrogen-bond acceptors (Lipinski definition) is 4. The van der Waals surface area contributed by atoms with Gasteiger partial charge in [0, 0.05) is 44.5 Å². The Morgan fingerprint density at radius 3 is 2.65 bits per heavy atom. The SMILES string of the molecule is CNC(=O)CCCCCNC(=O)CCCC[C@@H]1SCC2NC(=O)N(C)C21. The van der Waals surface area contributed by atoms with Crippen molar-refractivity contribution in [2.75, 3.05) is 26.4 Å². The van der Waals surface area contributed by atoms with Gasteiger partial charge >= 0.3 is 6.03 Å². The van der Waals surface area contributed by atoms with Crippen molar-refractivity contribution in [2.24, 2.45) is 0 Å². The summed E-state index contributed by atoms with van der Waals surface area (Å²) in [5, 5.41) is 9.07. The lowest BCUT2D eigenvalue weighted by molar-refractivity contribution is -0.122. The molecule has 3 atom stereocenters. The zero-order valence-corrected chi connectivity index (χ0v) is 16.7. The smallest absolute Gasteiger partial charge is 0.317 e. The summed E-state index contributed by atoms with van der Waals surface area (Å²) < 4.78 is 0. The van der Waals surface area contributed by atoms with Crippen LogP contribution in [0.2, 0.25) is 0 Å². The van der Waals surface area contributed by atoms with E-state index in [2.05, 4.69) is 16.0 Å². The number of rotatable bonds is 11. The van der Waals surface area contributed by atoms with Crippen LogP contribution in [0.25, 0.3) is 0 Å². The minimum atomic E-state index is 0.0417. The second-order valence-electron chi connectivity index (χ2n) is 7.11. The van der Waals surface area contributed by atoms with Crippen molar-refractivity contribution in [3.8, 4) is 0 Å². The number of hydrogen-bond donors (Lipinski definition) is 3. The molecule has 2 unspecified atom stereocenters. The summed E-state index contributed by atoms with van der Waals surface area (Å²) in [5.41, 5.74) is 0. The van der Waals surface area contributed by atoms with Gasteiger partial charge in [0.25, 0.3) is 0 Å². The molecule has 2 aliphatic rings. The molecule has 4 amide bonds. The molecule has 148 valence electrons. The summed E-state index contributed by atoms with van der Waals surface area (Å²) in [5.74, 6) is 1.18. The number of urea groups is 1. The highest BCUT2D eigenvalue weighted by atomic mass is 32.2. The lowest BCUT2D eigenvalue weighted by Crippen LogP contribution is -2.38. The molecule has 0 spiro atoms. The fraction of sp³-hybridized carbons (Fsp3) is 0.833. The molecule has 8 heteroatoms. The number of amides is 4. The van der Waals surface area contributed by atoms with E-state index in [4.69, 9.17) is 0 Å². The maximum absolute atomic E-state index is 11.9. The molecule has 0 radical (unpaired) electrons. The predicted octanol–water partition coefficient (Wildman–Crippen LogP) is 1.48. The van der Waals surface area contributed by atoms with Crippen LogP contribution in [-0.2, 0) is 9.59 Å². The molecule has 0 saturated carbocycles. The summed E-state index contributed by atoms with van der Waals surface area (Å²) in [6.45, 7) is 0.688. The second kappa shape index (κ2) is 10.6. The number of fused-ring (bicyclic) bond motifs is 1. The molecule has 2 saturated heterocycles. The Morgan fingerprint density at radius 1 is 1.15 bits per heavy atom. The van der Waals surface area contributed by atoms with E-state index in [1.807, 2.05) is 23.7 Å². The van der Waals surface area contributed by atoms with Gasteiger partial charge in [-0.1, -0.05) is 12.8 Å². The van der Waals surface area contributed by atoms with Crippen LogP contribution in [-0.4, -0.2) is 66.5 Å². The van der Waals surface area contributed by atoms with Crippen LogP contribution in [0.5, 0.6) is 0 Å². The maximum atomic E-state index is 11.9. The van der Waals surface area contributed by atoms with E-state index in [9.17, 15) is 14.4 Å². The summed E-state index contributed by atoms with van der Waals surface area (Å²) >= 11 is 1.94. The average Bonchev–Trinajstić information content (AvgIpc) is 3.14. The first-order valence-corrected chi connectivity index (χ1v) is 10.7. The first kappa shape index (κ1) is 20.9. The Kier molecular flexibility index (Phi) is 8.54. The minimum absolute atomic E-state index is 0.0417. The number of nitrogens with one attached hydrogen (secondary N) is 3. The lowest BCUT2D eigenvalue weighted by Gasteiger charge is -2.23. The molecule has 0 aliphatic carbocycles. The van der Waals surface area contributed by atoms with Gasteiger partial charge in [-0.3, -0.25) is 9.59 Å². The Bertz CT molecular complexity index is 503. The van der Waals surface area contributed by atoms with Gasteiger partial charge in [-0.15, -0.1) is 0 Å². The van der Waals surface area contributed by atoms with Gasteiger partial charge in [-0.05, 0) is 25.7 Å². The number of likely N-dealkylation sites (N-methyl/N-ethyl adjacent to an activating group) is 1. The summed E-state index contributed by atoms with van der Waals surface area (Å²) in [4.78, 5) is 36.5. The number of thioether (sulfide) groups is 1. The number of carbonyl (C=O) groups is 3. The van der Waals surface area contributed by atoms with Crippen molar-refractivity contribution >= 4 is 29.6 Å². The fourth-order valence-corrected chi connectivity index (χ4v) is 5.28. The molecule has 3 N–H and O–H groups in total.